The SMILES string of the molecule is Cc1ccc(CN2C(=O)CC(c3ncn[nH]3)=C(Br)c3ccccc32)cc1F. The number of carbonyl (C=O) groups excluding carboxylic acids is 1. The van der Waals surface area contributed by atoms with Crippen molar-refractivity contribution in [2.45, 2.75) is 19.9 Å². The number of amides is 1. The van der Waals surface area contributed by atoms with Crippen molar-refractivity contribution in [2.75, 3.05) is 4.90 Å². The second-order valence-corrected chi connectivity index (χ2v) is 7.18. The highest BCUT2D eigenvalue weighted by atomic mass is 79.9. The topological polar surface area (TPSA) is 61.9 Å². The van der Waals surface area contributed by atoms with E-state index in [1.165, 1.54) is 12.4 Å². The molecule has 1 aromatic heterocycles. The number of benzene rings is 2. The van der Waals surface area contributed by atoms with E-state index in [0.29, 0.717) is 11.4 Å². The summed E-state index contributed by atoms with van der Waals surface area (Å²) in [6.45, 7) is 2.01. The van der Waals surface area contributed by atoms with Gasteiger partial charge in [0.2, 0.25) is 5.91 Å². The van der Waals surface area contributed by atoms with Crippen LogP contribution < -0.4 is 4.90 Å². The summed E-state index contributed by atoms with van der Waals surface area (Å²) in [6, 6.07) is 12.7. The maximum atomic E-state index is 14.0. The maximum Gasteiger partial charge on any atom is 0.231 e. The Morgan fingerprint density at radius 2 is 2.07 bits per heavy atom. The number of carbonyl (C=O) groups is 1. The number of rotatable bonds is 3. The van der Waals surface area contributed by atoms with Crippen molar-refractivity contribution in [3.8, 4) is 0 Å². The first-order valence-corrected chi connectivity index (χ1v) is 9.23. The third-order valence-electron chi connectivity index (χ3n) is 4.60. The zero-order valence-corrected chi connectivity index (χ0v) is 16.1. The Hall–Kier alpha value is -2.80. The van der Waals surface area contributed by atoms with Crippen molar-refractivity contribution in [1.82, 2.24) is 15.2 Å². The molecule has 0 unspecified atom stereocenters. The molecule has 3 aromatic rings. The van der Waals surface area contributed by atoms with Gasteiger partial charge in [-0.3, -0.25) is 9.89 Å². The second-order valence-electron chi connectivity index (χ2n) is 6.38. The minimum atomic E-state index is -0.273. The number of hydrogen-bond acceptors (Lipinski definition) is 3. The number of aromatic nitrogens is 3. The Balaban J connectivity index is 1.78. The lowest BCUT2D eigenvalue weighted by Crippen LogP contribution is -2.30. The molecular formula is C20H16BrFN4O. The number of para-hydroxylation sites is 1. The molecule has 0 saturated heterocycles. The molecule has 1 aliphatic rings. The Kier molecular flexibility index (Phi) is 4.61. The third kappa shape index (κ3) is 3.30. The largest absolute Gasteiger partial charge is 0.307 e. The summed E-state index contributed by atoms with van der Waals surface area (Å²) in [5.74, 6) is 0.183. The summed E-state index contributed by atoms with van der Waals surface area (Å²) in [5.41, 5.74) is 3.70. The van der Waals surface area contributed by atoms with Crippen molar-refractivity contribution in [3.05, 3.63) is 77.1 Å². The molecule has 5 nitrogen and oxygen atoms in total. The number of nitrogens with zero attached hydrogens (tertiary/aromatic N) is 3. The number of fused-ring (bicyclic) bond motifs is 1. The van der Waals surface area contributed by atoms with Crippen LogP contribution >= 0.6 is 15.9 Å². The van der Waals surface area contributed by atoms with Crippen molar-refractivity contribution in [3.63, 3.8) is 0 Å². The van der Waals surface area contributed by atoms with E-state index in [4.69, 9.17) is 0 Å². The quantitative estimate of drug-likeness (QED) is 0.672. The molecular weight excluding hydrogens is 411 g/mol. The van der Waals surface area contributed by atoms with E-state index in [0.717, 1.165) is 26.9 Å². The van der Waals surface area contributed by atoms with E-state index in [1.807, 2.05) is 30.3 Å². The van der Waals surface area contributed by atoms with Crippen LogP contribution in [0, 0.1) is 12.7 Å². The van der Waals surface area contributed by atoms with Crippen molar-refractivity contribution in [1.29, 1.82) is 0 Å². The van der Waals surface area contributed by atoms with Crippen LogP contribution in [0.15, 0.2) is 48.8 Å². The van der Waals surface area contributed by atoms with E-state index in [2.05, 4.69) is 31.1 Å². The molecule has 7 heteroatoms. The number of halogens is 2. The monoisotopic (exact) mass is 426 g/mol. The molecule has 1 N–H and O–H groups in total. The van der Waals surface area contributed by atoms with Gasteiger partial charge in [0.25, 0.3) is 0 Å². The maximum absolute atomic E-state index is 14.0. The highest BCUT2D eigenvalue weighted by Crippen LogP contribution is 2.41. The van der Waals surface area contributed by atoms with Gasteiger partial charge in [-0.2, -0.15) is 5.10 Å². The minimum Gasteiger partial charge on any atom is -0.307 e. The molecule has 136 valence electrons. The molecule has 0 fully saturated rings. The number of aryl methyl sites for hydroxylation is 1. The Morgan fingerprint density at radius 3 is 2.81 bits per heavy atom. The normalized spacial score (nSPS) is 14.3. The van der Waals surface area contributed by atoms with Gasteiger partial charge in [0.05, 0.1) is 18.7 Å². The van der Waals surface area contributed by atoms with E-state index < -0.39 is 0 Å². The molecule has 4 rings (SSSR count). The molecule has 0 saturated carbocycles. The van der Waals surface area contributed by atoms with Crippen LogP contribution in [-0.2, 0) is 11.3 Å². The number of hydrogen-bond donors (Lipinski definition) is 1. The van der Waals surface area contributed by atoms with Gasteiger partial charge in [0.1, 0.15) is 12.1 Å². The highest BCUT2D eigenvalue weighted by molar-refractivity contribution is 9.15. The summed E-state index contributed by atoms with van der Waals surface area (Å²) in [5, 5.41) is 6.72. The molecule has 0 bridgehead atoms. The molecule has 0 aliphatic carbocycles. The molecule has 27 heavy (non-hydrogen) atoms. The Bertz CT molecular complexity index is 1050. The van der Waals surface area contributed by atoms with Gasteiger partial charge in [-0.15, -0.1) is 0 Å². The first kappa shape index (κ1) is 17.6. The van der Waals surface area contributed by atoms with E-state index >= 15 is 0 Å². The fourth-order valence-corrected chi connectivity index (χ4v) is 3.81. The number of aromatic amines is 1. The Labute approximate surface area is 164 Å². The summed E-state index contributed by atoms with van der Waals surface area (Å²) < 4.78 is 14.8. The van der Waals surface area contributed by atoms with Crippen LogP contribution in [0.1, 0.15) is 28.9 Å². The lowest BCUT2D eigenvalue weighted by molar-refractivity contribution is -0.117. The molecule has 0 radical (unpaired) electrons. The summed E-state index contributed by atoms with van der Waals surface area (Å²) >= 11 is 3.64. The number of nitrogens with one attached hydrogen (secondary N) is 1. The van der Waals surface area contributed by atoms with Crippen LogP contribution in [0.4, 0.5) is 10.1 Å². The van der Waals surface area contributed by atoms with E-state index in [1.54, 1.807) is 17.9 Å². The van der Waals surface area contributed by atoms with Gasteiger partial charge in [-0.1, -0.05) is 30.3 Å². The average molecular weight is 427 g/mol. The molecule has 1 aliphatic heterocycles. The second kappa shape index (κ2) is 7.08. The molecule has 2 aromatic carbocycles. The summed E-state index contributed by atoms with van der Waals surface area (Å²) in [7, 11) is 0. The lowest BCUT2D eigenvalue weighted by atomic mass is 10.1. The minimum absolute atomic E-state index is 0.0933. The molecule has 0 atom stereocenters. The fraction of sp³-hybridized carbons (Fsp3) is 0.150. The average Bonchev–Trinajstić information content (AvgIpc) is 3.17. The first-order chi connectivity index (χ1) is 13.0. The van der Waals surface area contributed by atoms with Crippen molar-refractivity contribution < 1.29 is 9.18 Å². The first-order valence-electron chi connectivity index (χ1n) is 8.44. The Morgan fingerprint density at radius 1 is 1.26 bits per heavy atom. The third-order valence-corrected chi connectivity index (χ3v) is 5.51. The van der Waals surface area contributed by atoms with Crippen LogP contribution in [0.5, 0.6) is 0 Å². The van der Waals surface area contributed by atoms with Gasteiger partial charge in [-0.05, 0) is 46.1 Å². The van der Waals surface area contributed by atoms with Crippen LogP contribution in [0.3, 0.4) is 0 Å². The molecule has 1 amide bonds. The molecule has 2 heterocycles. The van der Waals surface area contributed by atoms with Crippen LogP contribution in [0.2, 0.25) is 0 Å². The van der Waals surface area contributed by atoms with Crippen LogP contribution in [-0.4, -0.2) is 21.1 Å². The zero-order valence-electron chi connectivity index (χ0n) is 14.5. The van der Waals surface area contributed by atoms with E-state index in [-0.39, 0.29) is 24.7 Å². The predicted molar refractivity (Wildman–Crippen MR) is 106 cm³/mol. The summed E-state index contributed by atoms with van der Waals surface area (Å²) in [4.78, 5) is 19.0. The van der Waals surface area contributed by atoms with Crippen molar-refractivity contribution in [2.24, 2.45) is 0 Å². The van der Waals surface area contributed by atoms with Crippen LogP contribution in [0.25, 0.3) is 10.1 Å². The van der Waals surface area contributed by atoms with Gasteiger partial charge < -0.3 is 4.90 Å². The zero-order chi connectivity index (χ0) is 19.0. The van der Waals surface area contributed by atoms with Gasteiger partial charge in [0, 0.05) is 15.6 Å². The number of anilines is 1. The smallest absolute Gasteiger partial charge is 0.231 e. The van der Waals surface area contributed by atoms with Gasteiger partial charge >= 0.3 is 0 Å². The lowest BCUT2D eigenvalue weighted by Gasteiger charge is -2.23. The molecule has 0 spiro atoms. The van der Waals surface area contributed by atoms with Gasteiger partial charge in [-0.25, -0.2) is 9.37 Å². The number of H-pyrrole nitrogens is 1. The highest BCUT2D eigenvalue weighted by Gasteiger charge is 2.28. The van der Waals surface area contributed by atoms with E-state index in [9.17, 15) is 9.18 Å². The van der Waals surface area contributed by atoms with Crippen molar-refractivity contribution >= 4 is 37.6 Å². The fourth-order valence-electron chi connectivity index (χ4n) is 3.14. The summed E-state index contributed by atoms with van der Waals surface area (Å²) in [6.07, 6.45) is 1.57. The van der Waals surface area contributed by atoms with Gasteiger partial charge in [0.15, 0.2) is 5.82 Å². The predicted octanol–water partition coefficient (Wildman–Crippen LogP) is 4.45. The standard InChI is InChI=1S/C20H16BrFN4O/c1-12-6-7-13(8-16(12)22)10-26-17-5-3-2-4-14(17)19(21)15(9-18(26)27)20-23-11-24-25-20/h2-8,11H,9-10H2,1H3,(H,23,24,25).